The SMILES string of the molecule is CCCN(C(=O)NCC(F)(F)F)C1CCNCC1. The first-order valence-corrected chi connectivity index (χ1v) is 6.26. The highest BCUT2D eigenvalue weighted by Gasteiger charge is 2.30. The molecule has 4 nitrogen and oxygen atoms in total. The van der Waals surface area contributed by atoms with Crippen LogP contribution in [-0.4, -0.2) is 49.3 Å². The van der Waals surface area contributed by atoms with Crippen LogP contribution in [0.1, 0.15) is 26.2 Å². The molecular formula is C11H20F3N3O. The first-order chi connectivity index (χ1) is 8.44. The third kappa shape index (κ3) is 5.12. The molecule has 2 N–H and O–H groups in total. The van der Waals surface area contributed by atoms with Crippen LogP contribution in [0, 0.1) is 0 Å². The summed E-state index contributed by atoms with van der Waals surface area (Å²) in [6.07, 6.45) is -2.04. The summed E-state index contributed by atoms with van der Waals surface area (Å²) in [7, 11) is 0. The number of amides is 2. The van der Waals surface area contributed by atoms with Gasteiger partial charge in [0.1, 0.15) is 6.54 Å². The summed E-state index contributed by atoms with van der Waals surface area (Å²) in [5.41, 5.74) is 0. The predicted octanol–water partition coefficient (Wildman–Crippen LogP) is 1.72. The molecule has 0 bridgehead atoms. The minimum absolute atomic E-state index is 0.0411. The van der Waals surface area contributed by atoms with Gasteiger partial charge in [-0.2, -0.15) is 13.2 Å². The van der Waals surface area contributed by atoms with E-state index in [1.807, 2.05) is 12.2 Å². The van der Waals surface area contributed by atoms with Gasteiger partial charge in [-0.05, 0) is 32.4 Å². The van der Waals surface area contributed by atoms with E-state index in [0.717, 1.165) is 32.4 Å². The van der Waals surface area contributed by atoms with E-state index in [9.17, 15) is 18.0 Å². The van der Waals surface area contributed by atoms with Crippen molar-refractivity contribution in [3.63, 3.8) is 0 Å². The van der Waals surface area contributed by atoms with Crippen molar-refractivity contribution in [3.8, 4) is 0 Å². The Morgan fingerprint density at radius 2 is 2.00 bits per heavy atom. The fraction of sp³-hybridized carbons (Fsp3) is 0.909. The number of carbonyl (C=O) groups excluding carboxylic acids is 1. The van der Waals surface area contributed by atoms with Crippen molar-refractivity contribution in [2.24, 2.45) is 0 Å². The van der Waals surface area contributed by atoms with Crippen molar-refractivity contribution in [3.05, 3.63) is 0 Å². The third-order valence-corrected chi connectivity index (χ3v) is 2.91. The van der Waals surface area contributed by atoms with Crippen LogP contribution in [0.5, 0.6) is 0 Å². The number of hydrogen-bond acceptors (Lipinski definition) is 2. The van der Waals surface area contributed by atoms with E-state index in [4.69, 9.17) is 0 Å². The Labute approximate surface area is 105 Å². The molecule has 0 aromatic heterocycles. The van der Waals surface area contributed by atoms with Crippen LogP contribution in [0.3, 0.4) is 0 Å². The third-order valence-electron chi connectivity index (χ3n) is 2.91. The normalized spacial score (nSPS) is 17.6. The number of piperidine rings is 1. The van der Waals surface area contributed by atoms with Gasteiger partial charge in [-0.1, -0.05) is 6.92 Å². The molecular weight excluding hydrogens is 247 g/mol. The maximum Gasteiger partial charge on any atom is 0.405 e. The lowest BCUT2D eigenvalue weighted by Gasteiger charge is -2.34. The fourth-order valence-corrected chi connectivity index (χ4v) is 2.09. The van der Waals surface area contributed by atoms with Gasteiger partial charge in [0.15, 0.2) is 0 Å². The summed E-state index contributed by atoms with van der Waals surface area (Å²) in [6, 6.07) is -0.569. The molecule has 0 atom stereocenters. The quantitative estimate of drug-likeness (QED) is 0.814. The maximum atomic E-state index is 12.1. The van der Waals surface area contributed by atoms with Crippen LogP contribution in [0.4, 0.5) is 18.0 Å². The Morgan fingerprint density at radius 1 is 1.39 bits per heavy atom. The molecule has 1 heterocycles. The van der Waals surface area contributed by atoms with Gasteiger partial charge in [-0.3, -0.25) is 0 Å². The summed E-state index contributed by atoms with van der Waals surface area (Å²) in [4.78, 5) is 13.3. The van der Waals surface area contributed by atoms with Gasteiger partial charge in [0.25, 0.3) is 0 Å². The predicted molar refractivity (Wildman–Crippen MR) is 62.3 cm³/mol. The Morgan fingerprint density at radius 3 is 2.50 bits per heavy atom. The van der Waals surface area contributed by atoms with Crippen LogP contribution in [0.15, 0.2) is 0 Å². The van der Waals surface area contributed by atoms with Gasteiger partial charge >= 0.3 is 12.2 Å². The van der Waals surface area contributed by atoms with E-state index in [0.29, 0.717) is 6.54 Å². The zero-order valence-electron chi connectivity index (χ0n) is 10.5. The van der Waals surface area contributed by atoms with Crippen molar-refractivity contribution in [2.75, 3.05) is 26.2 Å². The summed E-state index contributed by atoms with van der Waals surface area (Å²) in [5, 5.41) is 5.11. The molecule has 1 aliphatic rings. The highest BCUT2D eigenvalue weighted by Crippen LogP contribution is 2.15. The summed E-state index contributed by atoms with van der Waals surface area (Å²) in [5.74, 6) is 0. The number of alkyl halides is 3. The number of carbonyl (C=O) groups is 1. The van der Waals surface area contributed by atoms with Crippen LogP contribution in [0.25, 0.3) is 0 Å². The second-order valence-corrected chi connectivity index (χ2v) is 4.45. The molecule has 0 saturated carbocycles. The molecule has 0 radical (unpaired) electrons. The average molecular weight is 267 g/mol. The Bertz CT molecular complexity index is 265. The molecule has 0 unspecified atom stereocenters. The molecule has 18 heavy (non-hydrogen) atoms. The first-order valence-electron chi connectivity index (χ1n) is 6.26. The molecule has 7 heteroatoms. The zero-order valence-corrected chi connectivity index (χ0v) is 10.5. The lowest BCUT2D eigenvalue weighted by molar-refractivity contribution is -0.123. The molecule has 0 aromatic rings. The molecule has 1 fully saturated rings. The Kier molecular flexibility index (Phi) is 5.71. The standard InChI is InChI=1S/C11H20F3N3O/c1-2-7-17(9-3-5-15-6-4-9)10(18)16-8-11(12,13)14/h9,15H,2-8H2,1H3,(H,16,18). The Hall–Kier alpha value is -0.980. The van der Waals surface area contributed by atoms with Gasteiger partial charge in [0, 0.05) is 12.6 Å². The van der Waals surface area contributed by atoms with E-state index >= 15 is 0 Å². The molecule has 1 saturated heterocycles. The molecule has 0 spiro atoms. The first kappa shape index (κ1) is 15.1. The highest BCUT2D eigenvalue weighted by molar-refractivity contribution is 5.74. The van der Waals surface area contributed by atoms with Crippen LogP contribution in [0.2, 0.25) is 0 Å². The van der Waals surface area contributed by atoms with E-state index in [1.54, 1.807) is 0 Å². The lowest BCUT2D eigenvalue weighted by atomic mass is 10.0. The molecule has 1 rings (SSSR count). The van der Waals surface area contributed by atoms with Crippen molar-refractivity contribution in [1.29, 1.82) is 0 Å². The molecule has 0 aromatic carbocycles. The maximum absolute atomic E-state index is 12.1. The molecule has 106 valence electrons. The summed E-state index contributed by atoms with van der Waals surface area (Å²) < 4.78 is 36.2. The number of rotatable bonds is 4. The van der Waals surface area contributed by atoms with Gasteiger partial charge in [-0.25, -0.2) is 4.79 Å². The second kappa shape index (κ2) is 6.82. The van der Waals surface area contributed by atoms with E-state index < -0.39 is 18.8 Å². The van der Waals surface area contributed by atoms with Gasteiger partial charge in [-0.15, -0.1) is 0 Å². The van der Waals surface area contributed by atoms with Gasteiger partial charge in [0.05, 0.1) is 0 Å². The minimum Gasteiger partial charge on any atom is -0.329 e. The molecule has 1 aliphatic heterocycles. The van der Waals surface area contributed by atoms with Crippen LogP contribution < -0.4 is 10.6 Å². The van der Waals surface area contributed by atoms with Crippen molar-refractivity contribution in [1.82, 2.24) is 15.5 Å². The highest BCUT2D eigenvalue weighted by atomic mass is 19.4. The van der Waals surface area contributed by atoms with Crippen molar-refractivity contribution in [2.45, 2.75) is 38.4 Å². The number of nitrogens with zero attached hydrogens (tertiary/aromatic N) is 1. The van der Waals surface area contributed by atoms with Crippen LogP contribution in [-0.2, 0) is 0 Å². The molecule has 2 amide bonds. The Balaban J connectivity index is 2.51. The monoisotopic (exact) mass is 267 g/mol. The van der Waals surface area contributed by atoms with Crippen molar-refractivity contribution < 1.29 is 18.0 Å². The smallest absolute Gasteiger partial charge is 0.329 e. The van der Waals surface area contributed by atoms with E-state index in [1.165, 1.54) is 4.90 Å². The number of hydrogen-bond donors (Lipinski definition) is 2. The topological polar surface area (TPSA) is 44.4 Å². The molecule has 0 aliphatic carbocycles. The average Bonchev–Trinajstić information content (AvgIpc) is 2.33. The number of halogens is 3. The van der Waals surface area contributed by atoms with E-state index in [2.05, 4.69) is 5.32 Å². The van der Waals surface area contributed by atoms with Crippen LogP contribution >= 0.6 is 0 Å². The van der Waals surface area contributed by atoms with Gasteiger partial charge < -0.3 is 15.5 Å². The fourth-order valence-electron chi connectivity index (χ4n) is 2.09. The second-order valence-electron chi connectivity index (χ2n) is 4.45. The minimum atomic E-state index is -4.36. The van der Waals surface area contributed by atoms with Gasteiger partial charge in [0.2, 0.25) is 0 Å². The largest absolute Gasteiger partial charge is 0.405 e. The number of urea groups is 1. The summed E-state index contributed by atoms with van der Waals surface area (Å²) >= 11 is 0. The van der Waals surface area contributed by atoms with Crippen molar-refractivity contribution >= 4 is 6.03 Å². The number of nitrogens with one attached hydrogen (secondary N) is 2. The lowest BCUT2D eigenvalue weighted by Crippen LogP contribution is -2.51. The van der Waals surface area contributed by atoms with E-state index in [-0.39, 0.29) is 6.04 Å². The zero-order chi connectivity index (χ0) is 13.6. The summed E-state index contributed by atoms with van der Waals surface area (Å²) in [6.45, 7) is 2.74.